The van der Waals surface area contributed by atoms with Gasteiger partial charge >= 0.3 is 0 Å². The maximum atomic E-state index is 12.2. The molecule has 0 bridgehead atoms. The van der Waals surface area contributed by atoms with E-state index in [1.165, 1.54) is 4.90 Å². The minimum Gasteiger partial charge on any atom is -0.274 e. The van der Waals surface area contributed by atoms with Gasteiger partial charge in [0.15, 0.2) is 0 Å². The molecule has 4 heteroatoms. The van der Waals surface area contributed by atoms with Crippen molar-refractivity contribution in [3.63, 3.8) is 0 Å². The van der Waals surface area contributed by atoms with Crippen molar-refractivity contribution >= 4 is 17.6 Å². The predicted molar refractivity (Wildman–Crippen MR) is 62.1 cm³/mol. The van der Waals surface area contributed by atoms with Crippen molar-refractivity contribution in [3.8, 4) is 0 Å². The number of carbonyl (C=O) groups is 2. The highest BCUT2D eigenvalue weighted by molar-refractivity contribution is 6.21. The Morgan fingerprint density at radius 3 is 2.24 bits per heavy atom. The number of amides is 2. The zero-order valence-corrected chi connectivity index (χ0v) is 9.24. The molecule has 1 aliphatic carbocycles. The van der Waals surface area contributed by atoms with Gasteiger partial charge in [-0.1, -0.05) is 18.2 Å². The molecule has 2 heterocycles. The second-order valence-corrected chi connectivity index (χ2v) is 4.36. The molecule has 3 rings (SSSR count). The van der Waals surface area contributed by atoms with Crippen LogP contribution in [0.2, 0.25) is 0 Å². The van der Waals surface area contributed by atoms with Crippen LogP contribution in [0.3, 0.4) is 0 Å². The summed E-state index contributed by atoms with van der Waals surface area (Å²) >= 11 is 0. The van der Waals surface area contributed by atoms with Crippen LogP contribution in [0.1, 0.15) is 12.8 Å². The Balaban J connectivity index is 1.98. The summed E-state index contributed by atoms with van der Waals surface area (Å²) in [6.07, 6.45) is 6.88. The molecule has 0 radical (unpaired) electrons. The van der Waals surface area contributed by atoms with Crippen molar-refractivity contribution in [1.29, 1.82) is 0 Å². The predicted octanol–water partition coefficient (Wildman–Crippen LogP) is 1.54. The molecular weight excluding hydrogens is 216 g/mol. The molecule has 2 unspecified atom stereocenters. The van der Waals surface area contributed by atoms with E-state index in [2.05, 4.69) is 4.98 Å². The van der Waals surface area contributed by atoms with Crippen LogP contribution in [-0.4, -0.2) is 16.8 Å². The van der Waals surface area contributed by atoms with Crippen molar-refractivity contribution in [2.75, 3.05) is 4.90 Å². The van der Waals surface area contributed by atoms with Gasteiger partial charge in [0.05, 0.1) is 11.8 Å². The molecule has 1 aromatic rings. The van der Waals surface area contributed by atoms with E-state index in [0.717, 1.165) is 0 Å². The molecule has 0 N–H and O–H groups in total. The van der Waals surface area contributed by atoms with Crippen LogP contribution in [0.5, 0.6) is 0 Å². The summed E-state index contributed by atoms with van der Waals surface area (Å²) in [4.78, 5) is 29.7. The normalized spacial score (nSPS) is 27.4. The van der Waals surface area contributed by atoms with Crippen LogP contribution >= 0.6 is 0 Å². The SMILES string of the molecule is O=C1C2CC=CCC2C(=O)N1c1ccccn1. The number of rotatable bonds is 1. The highest BCUT2D eigenvalue weighted by Gasteiger charge is 2.48. The van der Waals surface area contributed by atoms with Gasteiger partial charge < -0.3 is 0 Å². The number of fused-ring (bicyclic) bond motifs is 1. The molecule has 2 amide bonds. The Bertz CT molecular complexity index is 469. The number of hydrogen-bond donors (Lipinski definition) is 0. The smallest absolute Gasteiger partial charge is 0.239 e. The molecule has 2 atom stereocenters. The Hall–Kier alpha value is -1.97. The first kappa shape index (κ1) is 10.2. The van der Waals surface area contributed by atoms with Gasteiger partial charge in [0.1, 0.15) is 5.82 Å². The third-order valence-electron chi connectivity index (χ3n) is 3.39. The molecule has 0 aromatic carbocycles. The average molecular weight is 228 g/mol. The van der Waals surface area contributed by atoms with Crippen LogP contribution in [0.25, 0.3) is 0 Å². The lowest BCUT2D eigenvalue weighted by molar-refractivity contribution is -0.122. The van der Waals surface area contributed by atoms with E-state index >= 15 is 0 Å². The monoisotopic (exact) mass is 228 g/mol. The molecule has 17 heavy (non-hydrogen) atoms. The zero-order valence-electron chi connectivity index (χ0n) is 9.24. The lowest BCUT2D eigenvalue weighted by Crippen LogP contribution is -2.31. The standard InChI is InChI=1S/C13H12N2O2/c16-12-9-5-1-2-6-10(9)13(17)15(12)11-7-3-4-8-14-11/h1-4,7-10H,5-6H2. The minimum atomic E-state index is -0.186. The first-order valence-corrected chi connectivity index (χ1v) is 5.73. The maximum absolute atomic E-state index is 12.2. The number of aromatic nitrogens is 1. The van der Waals surface area contributed by atoms with Gasteiger partial charge in [0.2, 0.25) is 11.8 Å². The highest BCUT2D eigenvalue weighted by Crippen LogP contribution is 2.36. The van der Waals surface area contributed by atoms with Crippen molar-refractivity contribution in [2.45, 2.75) is 12.8 Å². The first-order chi connectivity index (χ1) is 8.29. The summed E-state index contributed by atoms with van der Waals surface area (Å²) in [6, 6.07) is 5.24. The summed E-state index contributed by atoms with van der Waals surface area (Å²) in [5.41, 5.74) is 0. The highest BCUT2D eigenvalue weighted by atomic mass is 16.2. The number of imide groups is 1. The number of allylic oxidation sites excluding steroid dienone is 2. The van der Waals surface area contributed by atoms with Gasteiger partial charge in [-0.2, -0.15) is 0 Å². The number of carbonyl (C=O) groups excluding carboxylic acids is 2. The van der Waals surface area contributed by atoms with Crippen LogP contribution in [-0.2, 0) is 9.59 Å². The summed E-state index contributed by atoms with van der Waals surface area (Å²) in [6.45, 7) is 0. The fraction of sp³-hybridized carbons (Fsp3) is 0.308. The van der Waals surface area contributed by atoms with Crippen molar-refractivity contribution < 1.29 is 9.59 Å². The van der Waals surface area contributed by atoms with Gasteiger partial charge in [-0.15, -0.1) is 0 Å². The zero-order chi connectivity index (χ0) is 11.8. The van der Waals surface area contributed by atoms with Gasteiger partial charge in [-0.05, 0) is 25.0 Å². The molecule has 1 saturated heterocycles. The molecule has 1 fully saturated rings. The third-order valence-corrected chi connectivity index (χ3v) is 3.39. The van der Waals surface area contributed by atoms with E-state index in [0.29, 0.717) is 18.7 Å². The topological polar surface area (TPSA) is 50.3 Å². The molecule has 2 aliphatic rings. The molecule has 0 spiro atoms. The summed E-state index contributed by atoms with van der Waals surface area (Å²) in [5.74, 6) is -0.146. The molecule has 0 saturated carbocycles. The lowest BCUT2D eigenvalue weighted by Gasteiger charge is -2.14. The second kappa shape index (κ2) is 3.80. The lowest BCUT2D eigenvalue weighted by atomic mass is 9.85. The maximum Gasteiger partial charge on any atom is 0.239 e. The first-order valence-electron chi connectivity index (χ1n) is 5.73. The Morgan fingerprint density at radius 1 is 1.06 bits per heavy atom. The summed E-state index contributed by atoms with van der Waals surface area (Å²) in [7, 11) is 0. The van der Waals surface area contributed by atoms with Crippen LogP contribution in [0.15, 0.2) is 36.5 Å². The van der Waals surface area contributed by atoms with E-state index in [1.54, 1.807) is 24.4 Å². The van der Waals surface area contributed by atoms with E-state index in [-0.39, 0.29) is 23.7 Å². The molecule has 1 aliphatic heterocycles. The van der Waals surface area contributed by atoms with E-state index in [1.807, 2.05) is 12.2 Å². The number of nitrogens with zero attached hydrogens (tertiary/aromatic N) is 2. The largest absolute Gasteiger partial charge is 0.274 e. The number of pyridine rings is 1. The Kier molecular flexibility index (Phi) is 2.28. The van der Waals surface area contributed by atoms with Crippen LogP contribution < -0.4 is 4.90 Å². The van der Waals surface area contributed by atoms with Crippen LogP contribution in [0, 0.1) is 11.8 Å². The Morgan fingerprint density at radius 2 is 1.71 bits per heavy atom. The van der Waals surface area contributed by atoms with E-state index in [4.69, 9.17) is 0 Å². The van der Waals surface area contributed by atoms with Gasteiger partial charge in [0, 0.05) is 6.20 Å². The molecule has 1 aromatic heterocycles. The van der Waals surface area contributed by atoms with E-state index in [9.17, 15) is 9.59 Å². The second-order valence-electron chi connectivity index (χ2n) is 4.36. The number of hydrogen-bond acceptors (Lipinski definition) is 3. The molecule has 4 nitrogen and oxygen atoms in total. The van der Waals surface area contributed by atoms with E-state index < -0.39 is 0 Å². The van der Waals surface area contributed by atoms with Crippen molar-refractivity contribution in [3.05, 3.63) is 36.5 Å². The summed E-state index contributed by atoms with van der Waals surface area (Å²) < 4.78 is 0. The molecule has 86 valence electrons. The van der Waals surface area contributed by atoms with Gasteiger partial charge in [-0.25, -0.2) is 9.88 Å². The average Bonchev–Trinajstić information content (AvgIpc) is 2.64. The Labute approximate surface area is 99.0 Å². The fourth-order valence-electron chi connectivity index (χ4n) is 2.51. The minimum absolute atomic E-state index is 0.108. The van der Waals surface area contributed by atoms with Gasteiger partial charge in [0.25, 0.3) is 0 Å². The van der Waals surface area contributed by atoms with Crippen molar-refractivity contribution in [2.24, 2.45) is 11.8 Å². The number of anilines is 1. The third kappa shape index (κ3) is 1.48. The van der Waals surface area contributed by atoms with Crippen molar-refractivity contribution in [1.82, 2.24) is 4.98 Å². The van der Waals surface area contributed by atoms with Crippen LogP contribution in [0.4, 0.5) is 5.82 Å². The quantitative estimate of drug-likeness (QED) is 0.541. The summed E-state index contributed by atoms with van der Waals surface area (Å²) in [5, 5.41) is 0. The fourth-order valence-corrected chi connectivity index (χ4v) is 2.51. The van der Waals surface area contributed by atoms with Gasteiger partial charge in [-0.3, -0.25) is 9.59 Å². The molecular formula is C13H12N2O2.